The van der Waals surface area contributed by atoms with E-state index in [9.17, 15) is 18.0 Å². The van der Waals surface area contributed by atoms with E-state index in [0.29, 0.717) is 13.0 Å². The molecule has 118 valence electrons. The van der Waals surface area contributed by atoms with E-state index >= 15 is 0 Å². The molecule has 0 bridgehead atoms. The van der Waals surface area contributed by atoms with Crippen molar-refractivity contribution in [2.24, 2.45) is 0 Å². The monoisotopic (exact) mass is 304 g/mol. The van der Waals surface area contributed by atoms with E-state index in [1.807, 2.05) is 0 Å². The van der Waals surface area contributed by atoms with Gasteiger partial charge in [0.1, 0.15) is 5.60 Å². The van der Waals surface area contributed by atoms with Gasteiger partial charge in [-0.1, -0.05) is 0 Å². The van der Waals surface area contributed by atoms with Gasteiger partial charge in [0.05, 0.1) is 13.5 Å². The van der Waals surface area contributed by atoms with Crippen molar-refractivity contribution in [1.82, 2.24) is 0 Å². The Labute approximate surface area is 122 Å². The van der Waals surface area contributed by atoms with Crippen molar-refractivity contribution in [2.75, 3.05) is 7.11 Å². The molecule has 0 saturated carbocycles. The third-order valence-corrected chi connectivity index (χ3v) is 2.59. The quantitative estimate of drug-likeness (QED) is 0.793. The van der Waals surface area contributed by atoms with Gasteiger partial charge < -0.3 is 9.47 Å². The number of methoxy groups -OCH3 is 1. The Morgan fingerprint density at radius 3 is 2.19 bits per heavy atom. The fourth-order valence-electron chi connectivity index (χ4n) is 1.80. The number of hydrogen-bond donors (Lipinski definition) is 0. The molecule has 6 heteroatoms. The molecule has 0 N–H and O–H groups in total. The normalized spacial score (nSPS) is 12.2. The first-order valence-electron chi connectivity index (χ1n) is 6.40. The van der Waals surface area contributed by atoms with Crippen LogP contribution in [-0.2, 0) is 21.9 Å². The van der Waals surface area contributed by atoms with E-state index in [1.165, 1.54) is 7.11 Å². The van der Waals surface area contributed by atoms with Gasteiger partial charge >= 0.3 is 5.97 Å². The highest BCUT2D eigenvalue weighted by molar-refractivity contribution is 5.74. The second kappa shape index (κ2) is 5.95. The van der Waals surface area contributed by atoms with Crippen molar-refractivity contribution in [1.29, 1.82) is 0 Å². The van der Waals surface area contributed by atoms with E-state index in [1.54, 1.807) is 20.8 Å². The number of halogens is 3. The molecule has 0 aliphatic heterocycles. The van der Waals surface area contributed by atoms with Gasteiger partial charge in [-0.25, -0.2) is 13.2 Å². The Balaban J connectivity index is 3.15. The van der Waals surface area contributed by atoms with Crippen LogP contribution in [0.15, 0.2) is 12.1 Å². The van der Waals surface area contributed by atoms with Gasteiger partial charge in [-0.15, -0.1) is 0 Å². The standard InChI is InChI=1S/C15H19F3O3/c1-14(2,3)21-12(19)7-9-6-10(15(4,17)18)8-11(16)13(9)20-5/h6,8H,7H2,1-5H3. The van der Waals surface area contributed by atoms with Gasteiger partial charge in [-0.3, -0.25) is 4.79 Å². The molecule has 21 heavy (non-hydrogen) atoms. The number of esters is 1. The summed E-state index contributed by atoms with van der Waals surface area (Å²) in [4.78, 5) is 11.8. The van der Waals surface area contributed by atoms with Crippen LogP contribution in [0.2, 0.25) is 0 Å². The molecule has 1 aromatic carbocycles. The minimum atomic E-state index is -3.21. The first-order chi connectivity index (χ1) is 9.44. The molecular formula is C15H19F3O3. The lowest BCUT2D eigenvalue weighted by molar-refractivity contribution is -0.153. The zero-order valence-electron chi connectivity index (χ0n) is 12.7. The number of carbonyl (C=O) groups excluding carboxylic acids is 1. The predicted molar refractivity (Wildman–Crippen MR) is 72.1 cm³/mol. The molecule has 0 atom stereocenters. The van der Waals surface area contributed by atoms with Crippen LogP contribution in [0.5, 0.6) is 5.75 Å². The Kier molecular flexibility index (Phi) is 4.91. The van der Waals surface area contributed by atoms with Crippen LogP contribution >= 0.6 is 0 Å². The minimum absolute atomic E-state index is 0.0308. The molecular weight excluding hydrogens is 285 g/mol. The van der Waals surface area contributed by atoms with E-state index < -0.39 is 28.9 Å². The molecule has 0 spiro atoms. The van der Waals surface area contributed by atoms with Crippen molar-refractivity contribution in [3.8, 4) is 5.75 Å². The zero-order chi connectivity index (χ0) is 16.4. The van der Waals surface area contributed by atoms with Crippen molar-refractivity contribution < 1.29 is 27.4 Å². The highest BCUT2D eigenvalue weighted by atomic mass is 19.3. The van der Waals surface area contributed by atoms with Gasteiger partial charge in [0.2, 0.25) is 0 Å². The molecule has 0 aliphatic carbocycles. The van der Waals surface area contributed by atoms with Crippen LogP contribution < -0.4 is 4.74 Å². The van der Waals surface area contributed by atoms with Crippen molar-refractivity contribution in [2.45, 2.75) is 45.6 Å². The van der Waals surface area contributed by atoms with Crippen molar-refractivity contribution in [3.63, 3.8) is 0 Å². The third kappa shape index (κ3) is 4.95. The van der Waals surface area contributed by atoms with Crippen LogP contribution in [0.3, 0.4) is 0 Å². The van der Waals surface area contributed by atoms with Gasteiger partial charge in [-0.05, 0) is 32.9 Å². The summed E-state index contributed by atoms with van der Waals surface area (Å²) in [5, 5.41) is 0. The summed E-state index contributed by atoms with van der Waals surface area (Å²) in [5.41, 5.74) is -1.20. The Hall–Kier alpha value is -1.72. The lowest BCUT2D eigenvalue weighted by Crippen LogP contribution is -2.25. The van der Waals surface area contributed by atoms with E-state index in [-0.39, 0.29) is 17.7 Å². The van der Waals surface area contributed by atoms with Crippen LogP contribution in [0.4, 0.5) is 13.2 Å². The van der Waals surface area contributed by atoms with Gasteiger partial charge in [0.15, 0.2) is 11.6 Å². The largest absolute Gasteiger partial charge is 0.493 e. The molecule has 0 fully saturated rings. The molecule has 0 radical (unpaired) electrons. The first kappa shape index (κ1) is 17.3. The van der Waals surface area contributed by atoms with E-state index in [4.69, 9.17) is 9.47 Å². The molecule has 0 heterocycles. The molecule has 1 aromatic rings. The van der Waals surface area contributed by atoms with Crippen LogP contribution in [-0.4, -0.2) is 18.7 Å². The fourth-order valence-corrected chi connectivity index (χ4v) is 1.80. The summed E-state index contributed by atoms with van der Waals surface area (Å²) >= 11 is 0. The van der Waals surface area contributed by atoms with Crippen LogP contribution in [0.1, 0.15) is 38.8 Å². The maximum atomic E-state index is 13.8. The number of alkyl halides is 2. The Morgan fingerprint density at radius 2 is 1.76 bits per heavy atom. The maximum Gasteiger partial charge on any atom is 0.310 e. The molecule has 0 aliphatic rings. The minimum Gasteiger partial charge on any atom is -0.493 e. The second-order valence-electron chi connectivity index (χ2n) is 5.80. The van der Waals surface area contributed by atoms with E-state index in [0.717, 1.165) is 6.07 Å². The van der Waals surface area contributed by atoms with Gasteiger partial charge in [0, 0.05) is 18.1 Å². The van der Waals surface area contributed by atoms with Crippen molar-refractivity contribution >= 4 is 5.97 Å². The second-order valence-corrected chi connectivity index (χ2v) is 5.80. The lowest BCUT2D eigenvalue weighted by Gasteiger charge is -2.20. The topological polar surface area (TPSA) is 35.5 Å². The fraction of sp³-hybridized carbons (Fsp3) is 0.533. The van der Waals surface area contributed by atoms with Gasteiger partial charge in [-0.2, -0.15) is 0 Å². The average molecular weight is 304 g/mol. The highest BCUT2D eigenvalue weighted by Crippen LogP contribution is 2.33. The van der Waals surface area contributed by atoms with E-state index in [2.05, 4.69) is 0 Å². The van der Waals surface area contributed by atoms with Gasteiger partial charge in [0.25, 0.3) is 5.92 Å². The number of carbonyl (C=O) groups is 1. The first-order valence-corrected chi connectivity index (χ1v) is 6.40. The summed E-state index contributed by atoms with van der Waals surface area (Å²) in [6.07, 6.45) is -0.346. The number of ether oxygens (including phenoxy) is 2. The smallest absolute Gasteiger partial charge is 0.310 e. The van der Waals surface area contributed by atoms with Crippen LogP contribution in [0.25, 0.3) is 0 Å². The maximum absolute atomic E-state index is 13.8. The number of rotatable bonds is 4. The molecule has 1 rings (SSSR count). The average Bonchev–Trinajstić information content (AvgIpc) is 2.24. The number of benzene rings is 1. The summed E-state index contributed by atoms with van der Waals surface area (Å²) < 4.78 is 50.4. The Morgan fingerprint density at radius 1 is 1.19 bits per heavy atom. The summed E-state index contributed by atoms with van der Waals surface area (Å²) in [6.45, 7) is 5.70. The third-order valence-electron chi connectivity index (χ3n) is 2.59. The molecule has 0 amide bonds. The number of hydrogen-bond acceptors (Lipinski definition) is 3. The van der Waals surface area contributed by atoms with Crippen LogP contribution in [0, 0.1) is 5.82 Å². The highest BCUT2D eigenvalue weighted by Gasteiger charge is 2.28. The molecule has 3 nitrogen and oxygen atoms in total. The summed E-state index contributed by atoms with van der Waals surface area (Å²) in [5.74, 6) is -5.02. The molecule has 0 saturated heterocycles. The molecule has 0 aromatic heterocycles. The molecule has 0 unspecified atom stereocenters. The predicted octanol–water partition coefficient (Wildman–Crippen LogP) is 3.83. The summed E-state index contributed by atoms with van der Waals surface area (Å²) in [7, 11) is 1.21. The summed E-state index contributed by atoms with van der Waals surface area (Å²) in [6, 6.07) is 1.77. The van der Waals surface area contributed by atoms with Crippen molar-refractivity contribution in [3.05, 3.63) is 29.1 Å². The lowest BCUT2D eigenvalue weighted by atomic mass is 10.0. The Bertz CT molecular complexity index is 528. The zero-order valence-corrected chi connectivity index (χ0v) is 12.7. The SMILES string of the molecule is COc1c(F)cc(C(C)(F)F)cc1CC(=O)OC(C)(C)C.